The topological polar surface area (TPSA) is 31.2 Å². The van der Waals surface area contributed by atoms with Gasteiger partial charge in [-0.3, -0.25) is 10.0 Å². The van der Waals surface area contributed by atoms with Gasteiger partial charge in [0.05, 0.1) is 0 Å². The third-order valence-corrected chi connectivity index (χ3v) is 2.49. The Bertz CT molecular complexity index is 179. The Balaban J connectivity index is 2.05. The Morgan fingerprint density at radius 1 is 1.27 bits per heavy atom. The minimum atomic E-state index is 0.450. The molecule has 2 aliphatic heterocycles. The molecule has 0 saturated carbocycles. The smallest absolute Gasteiger partial charge is 0.137 e. The Morgan fingerprint density at radius 3 is 2.91 bits per heavy atom. The first kappa shape index (κ1) is 6.88. The minimum absolute atomic E-state index is 0.450. The molecule has 1 unspecified atom stereocenters. The molecule has 2 atom stereocenters. The zero-order valence-corrected chi connectivity index (χ0v) is 7.06. The molecule has 2 heterocycles. The fourth-order valence-electron chi connectivity index (χ4n) is 1.76. The van der Waals surface area contributed by atoms with Gasteiger partial charge in [-0.15, -0.1) is 0 Å². The van der Waals surface area contributed by atoms with Gasteiger partial charge in [0.2, 0.25) is 0 Å². The van der Waals surface area contributed by atoms with Crippen molar-refractivity contribution < 1.29 is 0 Å². The van der Waals surface area contributed by atoms with Gasteiger partial charge in [-0.2, -0.15) is 0 Å². The summed E-state index contributed by atoms with van der Waals surface area (Å²) in [5.74, 6) is 0.775. The molecule has 0 N–H and O–H groups in total. The van der Waals surface area contributed by atoms with Crippen molar-refractivity contribution in [2.75, 3.05) is 13.6 Å². The average molecular weight is 154 g/mol. The van der Waals surface area contributed by atoms with E-state index in [4.69, 9.17) is 0 Å². The second kappa shape index (κ2) is 2.36. The van der Waals surface area contributed by atoms with Crippen LogP contribution in [0.15, 0.2) is 10.4 Å². The minimum Gasteiger partial charge on any atom is -0.256 e. The monoisotopic (exact) mass is 154 g/mol. The van der Waals surface area contributed by atoms with Crippen molar-refractivity contribution in [2.45, 2.75) is 25.9 Å². The Kier molecular flexibility index (Phi) is 1.47. The van der Waals surface area contributed by atoms with Crippen LogP contribution in [0.1, 0.15) is 19.8 Å². The van der Waals surface area contributed by atoms with Crippen molar-refractivity contribution in [3.63, 3.8) is 0 Å². The highest BCUT2D eigenvalue weighted by Gasteiger charge is 2.31. The van der Waals surface area contributed by atoms with Crippen LogP contribution in [0.5, 0.6) is 0 Å². The van der Waals surface area contributed by atoms with Crippen LogP contribution in [-0.2, 0) is 0 Å². The Hall–Kier alpha value is -0.800. The lowest BCUT2D eigenvalue weighted by Gasteiger charge is -2.33. The molecule has 2 aliphatic rings. The number of piperidine rings is 1. The first-order chi connectivity index (χ1) is 5.27. The van der Waals surface area contributed by atoms with Crippen molar-refractivity contribution in [3.05, 3.63) is 0 Å². The van der Waals surface area contributed by atoms with Crippen LogP contribution in [-0.4, -0.2) is 29.8 Å². The van der Waals surface area contributed by atoms with Crippen molar-refractivity contribution in [1.29, 1.82) is 0 Å². The van der Waals surface area contributed by atoms with Crippen LogP contribution in [0.2, 0.25) is 0 Å². The molecule has 0 aromatic rings. The molecular formula is C7H14N4. The maximum atomic E-state index is 4.07. The van der Waals surface area contributed by atoms with E-state index in [0.717, 1.165) is 12.5 Å². The molecule has 0 aliphatic carbocycles. The van der Waals surface area contributed by atoms with Gasteiger partial charge in [0, 0.05) is 13.6 Å². The summed E-state index contributed by atoms with van der Waals surface area (Å²) in [4.78, 5) is 0. The zero-order valence-electron chi connectivity index (χ0n) is 7.06. The Labute approximate surface area is 66.8 Å². The summed E-state index contributed by atoms with van der Waals surface area (Å²) in [5.41, 5.74) is 0. The van der Waals surface area contributed by atoms with Crippen molar-refractivity contribution >= 4 is 0 Å². The van der Waals surface area contributed by atoms with E-state index in [1.807, 2.05) is 12.1 Å². The van der Waals surface area contributed by atoms with Crippen LogP contribution in [0.25, 0.3) is 0 Å². The first-order valence-electron chi connectivity index (χ1n) is 4.18. The predicted octanol–water partition coefficient (Wildman–Crippen LogP) is 1.27. The largest absolute Gasteiger partial charge is 0.256 e. The summed E-state index contributed by atoms with van der Waals surface area (Å²) >= 11 is 0. The third-order valence-electron chi connectivity index (χ3n) is 2.49. The van der Waals surface area contributed by atoms with Crippen LogP contribution >= 0.6 is 0 Å². The van der Waals surface area contributed by atoms with Crippen LogP contribution < -0.4 is 0 Å². The van der Waals surface area contributed by atoms with Gasteiger partial charge in [0.25, 0.3) is 0 Å². The SMILES string of the molecule is C[C@@H]1CCC2N(C)N=NN2C1. The molecule has 0 bridgehead atoms. The molecule has 4 heteroatoms. The standard InChI is InChI=1S/C7H14N4/c1-6-3-4-7-10(2)8-9-11(7)5-6/h6-7H,3-5H2,1-2H3/t6-,7?/m1/s1. The number of hydrogen-bond donors (Lipinski definition) is 0. The summed E-state index contributed by atoms with van der Waals surface area (Å²) in [6, 6.07) is 0. The van der Waals surface area contributed by atoms with Crippen molar-refractivity contribution in [3.8, 4) is 0 Å². The van der Waals surface area contributed by atoms with Gasteiger partial charge in [-0.1, -0.05) is 17.4 Å². The fourth-order valence-corrected chi connectivity index (χ4v) is 1.76. The summed E-state index contributed by atoms with van der Waals surface area (Å²) < 4.78 is 0. The van der Waals surface area contributed by atoms with E-state index in [0.29, 0.717) is 6.17 Å². The van der Waals surface area contributed by atoms with Gasteiger partial charge >= 0.3 is 0 Å². The van der Waals surface area contributed by atoms with E-state index in [-0.39, 0.29) is 0 Å². The van der Waals surface area contributed by atoms with Gasteiger partial charge in [0.1, 0.15) is 6.17 Å². The molecule has 1 fully saturated rings. The second-order valence-electron chi connectivity index (χ2n) is 3.54. The fraction of sp³-hybridized carbons (Fsp3) is 1.00. The molecular weight excluding hydrogens is 140 g/mol. The molecule has 0 spiro atoms. The highest BCUT2D eigenvalue weighted by Crippen LogP contribution is 2.27. The highest BCUT2D eigenvalue weighted by molar-refractivity contribution is 4.77. The second-order valence-corrected chi connectivity index (χ2v) is 3.54. The molecule has 0 aromatic heterocycles. The van der Waals surface area contributed by atoms with Crippen molar-refractivity contribution in [1.82, 2.24) is 10.0 Å². The van der Waals surface area contributed by atoms with E-state index in [1.165, 1.54) is 12.8 Å². The number of hydrogen-bond acceptors (Lipinski definition) is 4. The van der Waals surface area contributed by atoms with Crippen LogP contribution in [0.4, 0.5) is 0 Å². The maximum absolute atomic E-state index is 4.07. The van der Waals surface area contributed by atoms with Crippen molar-refractivity contribution in [2.24, 2.45) is 16.4 Å². The van der Waals surface area contributed by atoms with Gasteiger partial charge in [0.15, 0.2) is 0 Å². The summed E-state index contributed by atoms with van der Waals surface area (Å²) in [6.45, 7) is 3.34. The molecule has 1 saturated heterocycles. The molecule has 0 radical (unpaired) electrons. The van der Waals surface area contributed by atoms with E-state index >= 15 is 0 Å². The normalized spacial score (nSPS) is 36.2. The van der Waals surface area contributed by atoms with E-state index in [2.05, 4.69) is 22.4 Å². The summed E-state index contributed by atoms with van der Waals surface area (Å²) in [7, 11) is 1.99. The lowest BCUT2D eigenvalue weighted by molar-refractivity contribution is 0.0653. The molecule has 62 valence electrons. The van der Waals surface area contributed by atoms with Crippen LogP contribution in [0, 0.1) is 5.92 Å². The molecule has 0 amide bonds. The van der Waals surface area contributed by atoms with E-state index < -0.39 is 0 Å². The summed E-state index contributed by atoms with van der Waals surface area (Å²) in [6.07, 6.45) is 2.95. The van der Waals surface area contributed by atoms with E-state index in [9.17, 15) is 0 Å². The van der Waals surface area contributed by atoms with Gasteiger partial charge in [-0.05, 0) is 18.8 Å². The number of nitrogens with zero attached hydrogens (tertiary/aromatic N) is 4. The lowest BCUT2D eigenvalue weighted by Crippen LogP contribution is -2.42. The lowest BCUT2D eigenvalue weighted by atomic mass is 9.99. The maximum Gasteiger partial charge on any atom is 0.137 e. The Morgan fingerprint density at radius 2 is 2.09 bits per heavy atom. The average Bonchev–Trinajstić information content (AvgIpc) is 2.32. The number of rotatable bonds is 0. The molecule has 11 heavy (non-hydrogen) atoms. The third kappa shape index (κ3) is 1.06. The number of fused-ring (bicyclic) bond motifs is 1. The molecule has 2 rings (SSSR count). The first-order valence-corrected chi connectivity index (χ1v) is 4.18. The summed E-state index contributed by atoms with van der Waals surface area (Å²) in [5, 5.41) is 12.1. The molecule has 4 nitrogen and oxygen atoms in total. The van der Waals surface area contributed by atoms with E-state index in [1.54, 1.807) is 0 Å². The quantitative estimate of drug-likeness (QED) is 0.526. The van der Waals surface area contributed by atoms with Gasteiger partial charge in [-0.25, -0.2) is 0 Å². The molecule has 0 aromatic carbocycles. The van der Waals surface area contributed by atoms with Gasteiger partial charge < -0.3 is 0 Å². The highest BCUT2D eigenvalue weighted by atomic mass is 15.8. The van der Waals surface area contributed by atoms with Crippen LogP contribution in [0.3, 0.4) is 0 Å². The predicted molar refractivity (Wildman–Crippen MR) is 41.5 cm³/mol. The zero-order chi connectivity index (χ0) is 7.84.